The van der Waals surface area contributed by atoms with Crippen molar-refractivity contribution in [1.82, 2.24) is 14.4 Å². The molecule has 0 saturated carbocycles. The van der Waals surface area contributed by atoms with Gasteiger partial charge in [-0.05, 0) is 38.1 Å². The van der Waals surface area contributed by atoms with E-state index >= 15 is 0 Å². The molecule has 3 aromatic rings. The Labute approximate surface area is 128 Å². The van der Waals surface area contributed by atoms with Gasteiger partial charge in [-0.25, -0.2) is 9.97 Å². The van der Waals surface area contributed by atoms with Crippen LogP contribution >= 0.6 is 0 Å². The molecular weight excluding hydrogens is 276 g/mol. The summed E-state index contributed by atoms with van der Waals surface area (Å²) < 4.78 is 1.89. The summed E-state index contributed by atoms with van der Waals surface area (Å²) in [5.74, 6) is 2.21. The van der Waals surface area contributed by atoms with Crippen LogP contribution in [0.15, 0.2) is 36.7 Å². The summed E-state index contributed by atoms with van der Waals surface area (Å²) in [6.07, 6.45) is 8.63. The summed E-state index contributed by atoms with van der Waals surface area (Å²) in [7, 11) is 0. The van der Waals surface area contributed by atoms with E-state index in [0.717, 1.165) is 11.4 Å². The second-order valence-electron chi connectivity index (χ2n) is 4.99. The molecule has 3 rings (SSSR count). The summed E-state index contributed by atoms with van der Waals surface area (Å²) in [4.78, 5) is 20.9. The highest BCUT2D eigenvalue weighted by Crippen LogP contribution is 2.16. The van der Waals surface area contributed by atoms with E-state index < -0.39 is 0 Å². The first-order valence-electron chi connectivity index (χ1n) is 6.78. The Morgan fingerprint density at radius 1 is 1.32 bits per heavy atom. The number of rotatable bonds is 2. The minimum Gasteiger partial charge on any atom is -0.320 e. The maximum Gasteiger partial charge on any atom is 0.259 e. The van der Waals surface area contributed by atoms with Crippen LogP contribution in [-0.4, -0.2) is 20.3 Å². The van der Waals surface area contributed by atoms with Gasteiger partial charge in [0.05, 0.1) is 17.4 Å². The SMILES string of the molecule is C#Cc1ccc(NC(=O)c2ccn3c(C)cc(C)nc23)cn1. The van der Waals surface area contributed by atoms with E-state index in [9.17, 15) is 4.79 Å². The second kappa shape index (κ2) is 5.34. The third-order valence-corrected chi connectivity index (χ3v) is 3.35. The molecule has 1 amide bonds. The number of fused-ring (bicyclic) bond motifs is 1. The van der Waals surface area contributed by atoms with Crippen LogP contribution in [0, 0.1) is 26.2 Å². The largest absolute Gasteiger partial charge is 0.320 e. The average Bonchev–Trinajstić information content (AvgIpc) is 2.92. The Hall–Kier alpha value is -3.13. The number of hydrogen-bond donors (Lipinski definition) is 1. The van der Waals surface area contributed by atoms with Gasteiger partial charge < -0.3 is 9.72 Å². The third kappa shape index (κ3) is 2.42. The predicted octanol–water partition coefficient (Wildman–Crippen LogP) is 2.58. The lowest BCUT2D eigenvalue weighted by molar-refractivity contribution is 0.102. The molecule has 3 heterocycles. The normalized spacial score (nSPS) is 10.4. The van der Waals surface area contributed by atoms with Crippen molar-refractivity contribution in [3.05, 3.63) is 59.3 Å². The fourth-order valence-corrected chi connectivity index (χ4v) is 2.32. The Morgan fingerprint density at radius 2 is 2.14 bits per heavy atom. The van der Waals surface area contributed by atoms with E-state index in [-0.39, 0.29) is 5.91 Å². The zero-order chi connectivity index (χ0) is 15.7. The lowest BCUT2D eigenvalue weighted by atomic mass is 10.2. The molecule has 0 radical (unpaired) electrons. The Kier molecular flexibility index (Phi) is 3.36. The molecule has 0 aromatic carbocycles. The molecule has 0 bridgehead atoms. The average molecular weight is 290 g/mol. The summed E-state index contributed by atoms with van der Waals surface area (Å²) in [6.45, 7) is 3.88. The van der Waals surface area contributed by atoms with Crippen LogP contribution in [0.1, 0.15) is 27.4 Å². The quantitative estimate of drug-likeness (QED) is 0.738. The Morgan fingerprint density at radius 3 is 2.82 bits per heavy atom. The molecule has 0 atom stereocenters. The fourth-order valence-electron chi connectivity index (χ4n) is 2.32. The maximum atomic E-state index is 12.4. The lowest BCUT2D eigenvalue weighted by Crippen LogP contribution is -2.12. The molecular formula is C17H14N4O. The molecule has 0 spiro atoms. The summed E-state index contributed by atoms with van der Waals surface area (Å²) in [5, 5.41) is 2.80. The van der Waals surface area contributed by atoms with Gasteiger partial charge in [0.2, 0.25) is 0 Å². The highest BCUT2D eigenvalue weighted by Gasteiger charge is 2.14. The van der Waals surface area contributed by atoms with E-state index in [1.807, 2.05) is 30.5 Å². The summed E-state index contributed by atoms with van der Waals surface area (Å²) in [6, 6.07) is 7.13. The minimum atomic E-state index is -0.227. The predicted molar refractivity (Wildman–Crippen MR) is 84.8 cm³/mol. The molecule has 0 unspecified atom stereocenters. The number of pyridine rings is 1. The second-order valence-corrected chi connectivity index (χ2v) is 4.99. The summed E-state index contributed by atoms with van der Waals surface area (Å²) >= 11 is 0. The van der Waals surface area contributed by atoms with Crippen molar-refractivity contribution in [3.8, 4) is 12.3 Å². The molecule has 0 fully saturated rings. The van der Waals surface area contributed by atoms with Crippen LogP contribution in [0.4, 0.5) is 5.69 Å². The standard InChI is InChI=1S/C17H14N4O/c1-4-13-5-6-14(10-18-13)20-17(22)15-7-8-21-12(3)9-11(2)19-16(15)21/h1,5-10H,2-3H3,(H,20,22). The molecule has 0 aliphatic carbocycles. The minimum absolute atomic E-state index is 0.227. The van der Waals surface area contributed by atoms with Crippen LogP contribution in [0.5, 0.6) is 0 Å². The zero-order valence-corrected chi connectivity index (χ0v) is 12.3. The van der Waals surface area contributed by atoms with Crippen LogP contribution in [0.25, 0.3) is 5.65 Å². The van der Waals surface area contributed by atoms with Crippen molar-refractivity contribution in [3.63, 3.8) is 0 Å². The van der Waals surface area contributed by atoms with Crippen molar-refractivity contribution < 1.29 is 4.79 Å². The monoisotopic (exact) mass is 290 g/mol. The van der Waals surface area contributed by atoms with Crippen LogP contribution in [0.2, 0.25) is 0 Å². The Balaban J connectivity index is 1.93. The molecule has 0 aliphatic heterocycles. The molecule has 3 aromatic heterocycles. The lowest BCUT2D eigenvalue weighted by Gasteiger charge is -2.06. The van der Waals surface area contributed by atoms with Gasteiger partial charge in [0.25, 0.3) is 5.91 Å². The van der Waals surface area contributed by atoms with Gasteiger partial charge >= 0.3 is 0 Å². The number of nitrogens with one attached hydrogen (secondary N) is 1. The van der Waals surface area contributed by atoms with E-state index in [4.69, 9.17) is 6.42 Å². The first kappa shape index (κ1) is 13.8. The fraction of sp³-hybridized carbons (Fsp3) is 0.118. The number of carbonyl (C=O) groups is 1. The smallest absolute Gasteiger partial charge is 0.259 e. The van der Waals surface area contributed by atoms with Gasteiger partial charge in [-0.15, -0.1) is 6.42 Å². The van der Waals surface area contributed by atoms with Gasteiger partial charge in [0.1, 0.15) is 11.3 Å². The molecule has 5 nitrogen and oxygen atoms in total. The highest BCUT2D eigenvalue weighted by atomic mass is 16.1. The van der Waals surface area contributed by atoms with Gasteiger partial charge in [0.15, 0.2) is 0 Å². The van der Waals surface area contributed by atoms with E-state index in [0.29, 0.717) is 22.6 Å². The number of terminal acetylenes is 1. The first-order chi connectivity index (χ1) is 10.6. The van der Waals surface area contributed by atoms with Gasteiger partial charge in [-0.1, -0.05) is 5.92 Å². The molecule has 1 N–H and O–H groups in total. The molecule has 0 saturated heterocycles. The van der Waals surface area contributed by atoms with Crippen molar-refractivity contribution in [2.45, 2.75) is 13.8 Å². The topological polar surface area (TPSA) is 59.3 Å². The molecule has 0 aliphatic rings. The summed E-state index contributed by atoms with van der Waals surface area (Å²) in [5.41, 5.74) is 4.18. The van der Waals surface area contributed by atoms with Gasteiger partial charge in [-0.2, -0.15) is 0 Å². The number of aromatic nitrogens is 3. The van der Waals surface area contributed by atoms with Crippen LogP contribution in [-0.2, 0) is 0 Å². The number of aryl methyl sites for hydroxylation is 2. The van der Waals surface area contributed by atoms with Crippen LogP contribution in [0.3, 0.4) is 0 Å². The van der Waals surface area contributed by atoms with Crippen LogP contribution < -0.4 is 5.32 Å². The van der Waals surface area contributed by atoms with Crippen molar-refractivity contribution in [1.29, 1.82) is 0 Å². The van der Waals surface area contributed by atoms with Crippen molar-refractivity contribution >= 4 is 17.2 Å². The third-order valence-electron chi connectivity index (χ3n) is 3.35. The van der Waals surface area contributed by atoms with E-state index in [2.05, 4.69) is 21.2 Å². The van der Waals surface area contributed by atoms with Crippen molar-refractivity contribution in [2.75, 3.05) is 5.32 Å². The molecule has 108 valence electrons. The maximum absolute atomic E-state index is 12.4. The number of nitrogens with zero attached hydrogens (tertiary/aromatic N) is 3. The van der Waals surface area contributed by atoms with E-state index in [1.165, 1.54) is 6.20 Å². The molecule has 5 heteroatoms. The number of carbonyl (C=O) groups excluding carboxylic acids is 1. The number of amides is 1. The van der Waals surface area contributed by atoms with Crippen molar-refractivity contribution in [2.24, 2.45) is 0 Å². The Bertz CT molecular complexity index is 901. The zero-order valence-electron chi connectivity index (χ0n) is 12.3. The molecule has 22 heavy (non-hydrogen) atoms. The number of hydrogen-bond acceptors (Lipinski definition) is 3. The van der Waals surface area contributed by atoms with Gasteiger partial charge in [0, 0.05) is 17.6 Å². The van der Waals surface area contributed by atoms with Gasteiger partial charge in [-0.3, -0.25) is 4.79 Å². The number of anilines is 1. The van der Waals surface area contributed by atoms with E-state index in [1.54, 1.807) is 18.2 Å². The first-order valence-corrected chi connectivity index (χ1v) is 6.78. The highest BCUT2D eigenvalue weighted by molar-refractivity contribution is 6.08.